The Hall–Kier alpha value is -1.56. The third kappa shape index (κ3) is 3.56. The normalized spacial score (nSPS) is 12.5. The number of rotatable bonds is 1. The zero-order valence-electron chi connectivity index (χ0n) is 14.5. The van der Waals surface area contributed by atoms with Gasteiger partial charge in [-0.15, -0.1) is 0 Å². The van der Waals surface area contributed by atoms with Crippen molar-refractivity contribution >= 4 is 0 Å². The van der Waals surface area contributed by atoms with Gasteiger partial charge in [-0.3, -0.25) is 0 Å². The second kappa shape index (κ2) is 5.33. The van der Waals surface area contributed by atoms with Crippen molar-refractivity contribution in [3.63, 3.8) is 0 Å². The van der Waals surface area contributed by atoms with Gasteiger partial charge in [0.05, 0.1) is 0 Å². The maximum Gasteiger partial charge on any atom is -0.0126 e. The van der Waals surface area contributed by atoms with Crippen LogP contribution in [0.5, 0.6) is 0 Å². The smallest absolute Gasteiger partial charge is 0.0126 e. The van der Waals surface area contributed by atoms with Crippen LogP contribution in [0.15, 0.2) is 42.5 Å². The van der Waals surface area contributed by atoms with Crippen molar-refractivity contribution in [2.75, 3.05) is 0 Å². The quantitative estimate of drug-likeness (QED) is 0.578. The number of hydrogen-bond donors (Lipinski definition) is 0. The second-order valence-corrected chi connectivity index (χ2v) is 8.13. The van der Waals surface area contributed by atoms with Gasteiger partial charge < -0.3 is 0 Å². The summed E-state index contributed by atoms with van der Waals surface area (Å²) in [6, 6.07) is 15.9. The molecule has 2 rings (SSSR count). The molecule has 0 aromatic heterocycles. The molecule has 0 heterocycles. The largest absolute Gasteiger partial charge is 0.0587 e. The highest BCUT2D eigenvalue weighted by Crippen LogP contribution is 2.36. The van der Waals surface area contributed by atoms with Crippen LogP contribution in [0.25, 0.3) is 11.1 Å². The van der Waals surface area contributed by atoms with E-state index < -0.39 is 0 Å². The van der Waals surface area contributed by atoms with E-state index in [-0.39, 0.29) is 10.8 Å². The van der Waals surface area contributed by atoms with Gasteiger partial charge in [-0.1, -0.05) is 89.6 Å². The van der Waals surface area contributed by atoms with E-state index in [9.17, 15) is 0 Å². The molecule has 0 heteroatoms. The van der Waals surface area contributed by atoms with Crippen molar-refractivity contribution in [3.8, 4) is 11.1 Å². The van der Waals surface area contributed by atoms with Gasteiger partial charge in [-0.25, -0.2) is 0 Å². The molecular weight excluding hydrogens is 252 g/mol. The minimum atomic E-state index is 0.149. The van der Waals surface area contributed by atoms with E-state index in [1.807, 2.05) is 0 Å². The van der Waals surface area contributed by atoms with Gasteiger partial charge in [-0.05, 0) is 40.0 Å². The van der Waals surface area contributed by atoms with E-state index in [4.69, 9.17) is 0 Å². The lowest BCUT2D eigenvalue weighted by Gasteiger charge is -2.27. The minimum absolute atomic E-state index is 0.149. The minimum Gasteiger partial charge on any atom is -0.0587 e. The molecule has 0 aliphatic carbocycles. The van der Waals surface area contributed by atoms with Crippen LogP contribution in [0.3, 0.4) is 0 Å². The van der Waals surface area contributed by atoms with E-state index >= 15 is 0 Å². The molecular formula is C21H28. The Morgan fingerprint density at radius 2 is 1.24 bits per heavy atom. The number of hydrogen-bond acceptors (Lipinski definition) is 0. The van der Waals surface area contributed by atoms with E-state index in [2.05, 4.69) is 90.9 Å². The van der Waals surface area contributed by atoms with Crippen LogP contribution >= 0.6 is 0 Å². The Bertz CT molecular complexity index is 617. The Kier molecular flexibility index (Phi) is 4.02. The molecule has 2 aromatic rings. The van der Waals surface area contributed by atoms with Crippen LogP contribution in [-0.2, 0) is 10.8 Å². The van der Waals surface area contributed by atoms with Crippen LogP contribution in [0.2, 0.25) is 0 Å². The second-order valence-electron chi connectivity index (χ2n) is 8.13. The molecule has 0 amide bonds. The zero-order chi connectivity index (χ0) is 15.8. The maximum absolute atomic E-state index is 2.38. The molecule has 0 N–H and O–H groups in total. The van der Waals surface area contributed by atoms with E-state index in [0.717, 1.165) is 0 Å². The van der Waals surface area contributed by atoms with E-state index in [1.165, 1.54) is 27.8 Å². The van der Waals surface area contributed by atoms with Gasteiger partial charge >= 0.3 is 0 Å². The first-order valence-corrected chi connectivity index (χ1v) is 7.81. The van der Waals surface area contributed by atoms with Crippen LogP contribution in [0.4, 0.5) is 0 Å². The van der Waals surface area contributed by atoms with E-state index in [0.29, 0.717) is 0 Å². The lowest BCUT2D eigenvalue weighted by molar-refractivity contribution is 0.578. The fourth-order valence-electron chi connectivity index (χ4n) is 2.64. The highest BCUT2D eigenvalue weighted by Gasteiger charge is 2.22. The predicted octanol–water partition coefficient (Wildman–Crippen LogP) is 6.26. The summed E-state index contributed by atoms with van der Waals surface area (Å²) < 4.78 is 0. The van der Waals surface area contributed by atoms with Crippen molar-refractivity contribution in [3.05, 3.63) is 59.2 Å². The molecule has 0 atom stereocenters. The van der Waals surface area contributed by atoms with Gasteiger partial charge in [0.25, 0.3) is 0 Å². The molecule has 0 spiro atoms. The average Bonchev–Trinajstić information content (AvgIpc) is 2.37. The van der Waals surface area contributed by atoms with Gasteiger partial charge in [-0.2, -0.15) is 0 Å². The van der Waals surface area contributed by atoms with Crippen molar-refractivity contribution in [2.45, 2.75) is 59.3 Å². The molecule has 0 bridgehead atoms. The summed E-state index contributed by atoms with van der Waals surface area (Å²) >= 11 is 0. The van der Waals surface area contributed by atoms with Crippen molar-refractivity contribution < 1.29 is 0 Å². The maximum atomic E-state index is 2.38. The standard InChI is InChI=1S/C21H28/c1-15-8-10-16(11-9-15)18-14-17(20(2,3)4)12-13-19(18)21(5,6)7/h8-14H,1-7H3. The van der Waals surface area contributed by atoms with Crippen molar-refractivity contribution in [2.24, 2.45) is 0 Å². The summed E-state index contributed by atoms with van der Waals surface area (Å²) in [5.74, 6) is 0. The Morgan fingerprint density at radius 3 is 1.71 bits per heavy atom. The molecule has 112 valence electrons. The lowest BCUT2D eigenvalue weighted by atomic mass is 9.78. The van der Waals surface area contributed by atoms with Gasteiger partial charge in [0, 0.05) is 0 Å². The number of benzene rings is 2. The number of aryl methyl sites for hydroxylation is 1. The van der Waals surface area contributed by atoms with Crippen LogP contribution in [0.1, 0.15) is 58.2 Å². The van der Waals surface area contributed by atoms with Crippen molar-refractivity contribution in [1.82, 2.24) is 0 Å². The Balaban J connectivity index is 2.67. The van der Waals surface area contributed by atoms with Crippen LogP contribution in [0, 0.1) is 6.92 Å². The molecule has 0 nitrogen and oxygen atoms in total. The highest BCUT2D eigenvalue weighted by molar-refractivity contribution is 5.70. The molecule has 0 saturated carbocycles. The SMILES string of the molecule is Cc1ccc(-c2cc(C(C)(C)C)ccc2C(C)(C)C)cc1. The van der Waals surface area contributed by atoms with Crippen LogP contribution in [-0.4, -0.2) is 0 Å². The van der Waals surface area contributed by atoms with E-state index in [1.54, 1.807) is 0 Å². The molecule has 0 aliphatic rings. The third-order valence-corrected chi connectivity index (χ3v) is 4.06. The summed E-state index contributed by atoms with van der Waals surface area (Å²) in [7, 11) is 0. The molecule has 0 fully saturated rings. The lowest BCUT2D eigenvalue weighted by Crippen LogP contribution is -2.16. The highest BCUT2D eigenvalue weighted by atomic mass is 14.3. The summed E-state index contributed by atoms with van der Waals surface area (Å²) in [5, 5.41) is 0. The van der Waals surface area contributed by atoms with Crippen molar-refractivity contribution in [1.29, 1.82) is 0 Å². The molecule has 0 unspecified atom stereocenters. The molecule has 0 aliphatic heterocycles. The molecule has 0 saturated heterocycles. The Labute approximate surface area is 130 Å². The average molecular weight is 280 g/mol. The summed E-state index contributed by atoms with van der Waals surface area (Å²) in [5.41, 5.74) is 7.13. The summed E-state index contributed by atoms with van der Waals surface area (Å²) in [6.45, 7) is 15.8. The third-order valence-electron chi connectivity index (χ3n) is 4.06. The first-order valence-electron chi connectivity index (χ1n) is 7.81. The monoisotopic (exact) mass is 280 g/mol. The molecule has 21 heavy (non-hydrogen) atoms. The first-order chi connectivity index (χ1) is 9.59. The summed E-state index contributed by atoms with van der Waals surface area (Å²) in [6.07, 6.45) is 0. The fourth-order valence-corrected chi connectivity index (χ4v) is 2.64. The van der Waals surface area contributed by atoms with Gasteiger partial charge in [0.2, 0.25) is 0 Å². The Morgan fingerprint density at radius 1 is 0.667 bits per heavy atom. The fraction of sp³-hybridized carbons (Fsp3) is 0.429. The topological polar surface area (TPSA) is 0 Å². The van der Waals surface area contributed by atoms with Gasteiger partial charge in [0.15, 0.2) is 0 Å². The summed E-state index contributed by atoms with van der Waals surface area (Å²) in [4.78, 5) is 0. The van der Waals surface area contributed by atoms with Gasteiger partial charge in [0.1, 0.15) is 0 Å². The first kappa shape index (κ1) is 15.8. The predicted molar refractivity (Wildman–Crippen MR) is 94.0 cm³/mol. The molecule has 2 aromatic carbocycles. The molecule has 0 radical (unpaired) electrons. The zero-order valence-corrected chi connectivity index (χ0v) is 14.5. The van der Waals surface area contributed by atoms with Crippen LogP contribution < -0.4 is 0 Å².